The van der Waals surface area contributed by atoms with Crippen LogP contribution in [0.2, 0.25) is 0 Å². The molecule has 3 aromatic rings. The lowest BCUT2D eigenvalue weighted by atomic mass is 10.1. The highest BCUT2D eigenvalue weighted by molar-refractivity contribution is 6.05. The molecule has 4 heteroatoms. The summed E-state index contributed by atoms with van der Waals surface area (Å²) < 4.78 is 1.99. The highest BCUT2D eigenvalue weighted by Crippen LogP contribution is 2.35. The maximum absolute atomic E-state index is 11.6. The van der Waals surface area contributed by atoms with E-state index < -0.39 is 0 Å². The molecule has 0 saturated heterocycles. The molecule has 2 N–H and O–H groups in total. The van der Waals surface area contributed by atoms with Gasteiger partial charge in [-0.2, -0.15) is 0 Å². The fourth-order valence-electron chi connectivity index (χ4n) is 2.74. The molecule has 0 fully saturated rings. The van der Waals surface area contributed by atoms with E-state index in [9.17, 15) is 15.0 Å². The Morgan fingerprint density at radius 1 is 1.05 bits per heavy atom. The van der Waals surface area contributed by atoms with Crippen molar-refractivity contribution in [2.75, 3.05) is 0 Å². The predicted octanol–water partition coefficient (Wildman–Crippen LogP) is 3.55. The minimum atomic E-state index is 0.171. The normalized spacial score (nSPS) is 10.9. The number of benzene rings is 2. The first kappa shape index (κ1) is 13.2. The number of carbonyl (C=O) groups is 1. The summed E-state index contributed by atoms with van der Waals surface area (Å²) in [6.07, 6.45) is 0.841. The van der Waals surface area contributed by atoms with Gasteiger partial charge in [0.25, 0.3) is 0 Å². The molecular formula is C17H15NO3. The van der Waals surface area contributed by atoms with E-state index in [1.807, 2.05) is 11.5 Å². The zero-order valence-corrected chi connectivity index (χ0v) is 11.6. The van der Waals surface area contributed by atoms with Gasteiger partial charge in [0.05, 0.1) is 11.2 Å². The number of rotatable bonds is 3. The molecule has 1 heterocycles. The molecule has 0 atom stereocenters. The zero-order chi connectivity index (χ0) is 15.0. The van der Waals surface area contributed by atoms with Crippen LogP contribution >= 0.6 is 0 Å². The van der Waals surface area contributed by atoms with Gasteiger partial charge in [0.15, 0.2) is 6.29 Å². The topological polar surface area (TPSA) is 62.5 Å². The number of hydrogen-bond acceptors (Lipinski definition) is 3. The fourth-order valence-corrected chi connectivity index (χ4v) is 2.74. The molecule has 0 amide bonds. The number of nitrogens with zero attached hydrogens (tertiary/aromatic N) is 1. The second-order valence-electron chi connectivity index (χ2n) is 4.87. The van der Waals surface area contributed by atoms with E-state index in [1.165, 1.54) is 0 Å². The SMILES string of the molecule is CCn1c(-c2ccc(O)cc2)c(C=O)c2ccc(O)cc21. The van der Waals surface area contributed by atoms with Crippen LogP contribution in [0.25, 0.3) is 22.2 Å². The number of aromatic hydroxyl groups is 2. The van der Waals surface area contributed by atoms with E-state index in [0.717, 1.165) is 28.4 Å². The van der Waals surface area contributed by atoms with E-state index in [0.29, 0.717) is 12.1 Å². The molecule has 2 aromatic carbocycles. The molecular weight excluding hydrogens is 266 g/mol. The van der Waals surface area contributed by atoms with Crippen molar-refractivity contribution in [2.45, 2.75) is 13.5 Å². The van der Waals surface area contributed by atoms with Gasteiger partial charge in [-0.05, 0) is 48.9 Å². The number of aryl methyl sites for hydroxylation is 1. The lowest BCUT2D eigenvalue weighted by Crippen LogP contribution is -1.98. The van der Waals surface area contributed by atoms with Gasteiger partial charge >= 0.3 is 0 Å². The first-order valence-corrected chi connectivity index (χ1v) is 6.75. The number of phenols is 2. The van der Waals surface area contributed by atoms with Gasteiger partial charge in [0.2, 0.25) is 0 Å². The second-order valence-corrected chi connectivity index (χ2v) is 4.87. The Balaban J connectivity index is 2.39. The third-order valence-electron chi connectivity index (χ3n) is 3.66. The number of hydrogen-bond donors (Lipinski definition) is 2. The van der Waals surface area contributed by atoms with Crippen molar-refractivity contribution in [1.29, 1.82) is 0 Å². The Labute approximate surface area is 121 Å². The third-order valence-corrected chi connectivity index (χ3v) is 3.66. The number of fused-ring (bicyclic) bond motifs is 1. The minimum Gasteiger partial charge on any atom is -0.508 e. The second kappa shape index (κ2) is 4.98. The monoisotopic (exact) mass is 281 g/mol. The van der Waals surface area contributed by atoms with Gasteiger partial charge in [-0.15, -0.1) is 0 Å². The summed E-state index contributed by atoms with van der Waals surface area (Å²) in [4.78, 5) is 11.6. The minimum absolute atomic E-state index is 0.171. The Morgan fingerprint density at radius 3 is 2.33 bits per heavy atom. The van der Waals surface area contributed by atoms with Crippen molar-refractivity contribution < 1.29 is 15.0 Å². The molecule has 4 nitrogen and oxygen atoms in total. The smallest absolute Gasteiger partial charge is 0.152 e. The number of carbonyl (C=O) groups excluding carboxylic acids is 1. The van der Waals surface area contributed by atoms with Gasteiger partial charge in [0, 0.05) is 23.6 Å². The van der Waals surface area contributed by atoms with Crippen LogP contribution in [0.4, 0.5) is 0 Å². The molecule has 0 bridgehead atoms. The van der Waals surface area contributed by atoms with Crippen LogP contribution in [0.15, 0.2) is 42.5 Å². The highest BCUT2D eigenvalue weighted by atomic mass is 16.3. The average Bonchev–Trinajstić information content (AvgIpc) is 2.80. The summed E-state index contributed by atoms with van der Waals surface area (Å²) in [6, 6.07) is 11.7. The standard InChI is InChI=1S/C17H15NO3/c1-2-18-16-9-13(21)7-8-14(16)15(10-19)17(18)11-3-5-12(20)6-4-11/h3-10,20-21H,2H2,1H3. The van der Waals surface area contributed by atoms with Crippen molar-refractivity contribution in [3.05, 3.63) is 48.0 Å². The van der Waals surface area contributed by atoms with Crippen LogP contribution in [0.1, 0.15) is 17.3 Å². The molecule has 0 aliphatic rings. The molecule has 3 rings (SSSR count). The molecule has 0 aliphatic heterocycles. The van der Waals surface area contributed by atoms with Crippen LogP contribution in [-0.4, -0.2) is 21.1 Å². The van der Waals surface area contributed by atoms with Crippen LogP contribution in [0, 0.1) is 0 Å². The van der Waals surface area contributed by atoms with Crippen LogP contribution in [0.5, 0.6) is 11.5 Å². The summed E-state index contributed by atoms with van der Waals surface area (Å²) in [5.41, 5.74) is 3.07. The molecule has 0 radical (unpaired) electrons. The lowest BCUT2D eigenvalue weighted by Gasteiger charge is -2.09. The maximum atomic E-state index is 11.6. The first-order valence-electron chi connectivity index (χ1n) is 6.75. The van der Waals surface area contributed by atoms with E-state index in [1.54, 1.807) is 42.5 Å². The maximum Gasteiger partial charge on any atom is 0.152 e. The molecule has 106 valence electrons. The number of aromatic nitrogens is 1. The van der Waals surface area contributed by atoms with Gasteiger partial charge in [0.1, 0.15) is 11.5 Å². The number of aldehydes is 1. The Morgan fingerprint density at radius 2 is 1.71 bits per heavy atom. The van der Waals surface area contributed by atoms with Crippen molar-refractivity contribution in [3.8, 4) is 22.8 Å². The van der Waals surface area contributed by atoms with Gasteiger partial charge in [-0.1, -0.05) is 0 Å². The van der Waals surface area contributed by atoms with E-state index in [2.05, 4.69) is 0 Å². The summed E-state index contributed by atoms with van der Waals surface area (Å²) in [5, 5.41) is 19.9. The molecule has 0 unspecified atom stereocenters. The summed E-state index contributed by atoms with van der Waals surface area (Å²) in [7, 11) is 0. The third kappa shape index (κ3) is 2.05. The average molecular weight is 281 g/mol. The quantitative estimate of drug-likeness (QED) is 0.722. The number of phenolic OH excluding ortho intramolecular Hbond substituents is 2. The van der Waals surface area contributed by atoms with Crippen LogP contribution in [-0.2, 0) is 6.54 Å². The molecule has 0 saturated carbocycles. The van der Waals surface area contributed by atoms with Crippen LogP contribution < -0.4 is 0 Å². The molecule has 1 aromatic heterocycles. The largest absolute Gasteiger partial charge is 0.508 e. The summed E-state index contributed by atoms with van der Waals surface area (Å²) in [6.45, 7) is 2.66. The Hall–Kier alpha value is -2.75. The van der Waals surface area contributed by atoms with Crippen molar-refractivity contribution in [2.24, 2.45) is 0 Å². The van der Waals surface area contributed by atoms with E-state index in [-0.39, 0.29) is 11.5 Å². The van der Waals surface area contributed by atoms with Crippen molar-refractivity contribution in [1.82, 2.24) is 4.57 Å². The van der Waals surface area contributed by atoms with E-state index >= 15 is 0 Å². The van der Waals surface area contributed by atoms with Crippen molar-refractivity contribution >= 4 is 17.2 Å². The first-order chi connectivity index (χ1) is 10.2. The van der Waals surface area contributed by atoms with Crippen LogP contribution in [0.3, 0.4) is 0 Å². The van der Waals surface area contributed by atoms with Gasteiger partial charge in [-0.25, -0.2) is 0 Å². The zero-order valence-electron chi connectivity index (χ0n) is 11.6. The Bertz CT molecular complexity index is 816. The summed E-state index contributed by atoms with van der Waals surface area (Å²) in [5.74, 6) is 0.354. The predicted molar refractivity (Wildman–Crippen MR) is 81.8 cm³/mol. The van der Waals surface area contributed by atoms with Gasteiger partial charge < -0.3 is 14.8 Å². The van der Waals surface area contributed by atoms with E-state index in [4.69, 9.17) is 0 Å². The van der Waals surface area contributed by atoms with Gasteiger partial charge in [-0.3, -0.25) is 4.79 Å². The summed E-state index contributed by atoms with van der Waals surface area (Å²) >= 11 is 0. The highest BCUT2D eigenvalue weighted by Gasteiger charge is 2.17. The molecule has 21 heavy (non-hydrogen) atoms. The fraction of sp³-hybridized carbons (Fsp3) is 0.118. The lowest BCUT2D eigenvalue weighted by molar-refractivity contribution is 0.112. The molecule has 0 spiro atoms. The Kier molecular flexibility index (Phi) is 3.14. The van der Waals surface area contributed by atoms with Crippen molar-refractivity contribution in [3.63, 3.8) is 0 Å². The molecule has 0 aliphatic carbocycles.